The van der Waals surface area contributed by atoms with E-state index in [1.54, 1.807) is 30.6 Å². The highest BCUT2D eigenvalue weighted by Crippen LogP contribution is 2.34. The molecule has 2 aromatic heterocycles. The highest BCUT2D eigenvalue weighted by molar-refractivity contribution is 8.18. The number of halogens is 1. The molecule has 1 aliphatic rings. The van der Waals surface area contributed by atoms with E-state index in [0.29, 0.717) is 27.9 Å². The second-order valence-electron chi connectivity index (χ2n) is 6.42. The Hall–Kier alpha value is -3.13. The second kappa shape index (κ2) is 7.12. The Morgan fingerprint density at radius 1 is 1.25 bits per heavy atom. The van der Waals surface area contributed by atoms with E-state index in [-0.39, 0.29) is 16.8 Å². The smallest absolute Gasteiger partial charge is 0.290 e. The zero-order valence-corrected chi connectivity index (χ0v) is 15.8. The lowest BCUT2D eigenvalue weighted by molar-refractivity contribution is -0.115. The van der Waals surface area contributed by atoms with Gasteiger partial charge in [-0.15, -0.1) is 0 Å². The predicted octanol–water partition coefficient (Wildman–Crippen LogP) is 4.75. The minimum Gasteiger partial charge on any atom is -0.488 e. The molecule has 1 saturated heterocycles. The molecule has 3 heterocycles. The van der Waals surface area contributed by atoms with Crippen molar-refractivity contribution in [3.05, 3.63) is 53.1 Å². The van der Waals surface area contributed by atoms with Crippen molar-refractivity contribution in [2.75, 3.05) is 0 Å². The van der Waals surface area contributed by atoms with Gasteiger partial charge in [-0.25, -0.2) is 4.39 Å². The van der Waals surface area contributed by atoms with Gasteiger partial charge in [0.2, 0.25) is 0 Å². The summed E-state index contributed by atoms with van der Waals surface area (Å²) in [6.07, 6.45) is 4.56. The van der Waals surface area contributed by atoms with Crippen LogP contribution >= 0.6 is 11.8 Å². The normalized spacial score (nSPS) is 15.6. The molecular weight excluding hydrogens is 383 g/mol. The van der Waals surface area contributed by atoms with E-state index >= 15 is 0 Å². The second-order valence-corrected chi connectivity index (χ2v) is 7.43. The van der Waals surface area contributed by atoms with Crippen LogP contribution in [0.15, 0.2) is 46.0 Å². The molecule has 0 aliphatic carbocycles. The minimum absolute atomic E-state index is 0.136. The van der Waals surface area contributed by atoms with E-state index in [1.807, 2.05) is 13.8 Å². The first kappa shape index (κ1) is 18.2. The Kier molecular flexibility index (Phi) is 4.64. The van der Waals surface area contributed by atoms with E-state index in [0.717, 1.165) is 11.8 Å². The monoisotopic (exact) mass is 398 g/mol. The molecule has 0 atom stereocenters. The number of furan rings is 1. The van der Waals surface area contributed by atoms with Gasteiger partial charge in [0.25, 0.3) is 11.1 Å². The number of carbonyl (C=O) groups excluding carboxylic acids is 2. The number of benzene rings is 1. The predicted molar refractivity (Wildman–Crippen MR) is 104 cm³/mol. The summed E-state index contributed by atoms with van der Waals surface area (Å²) in [6.45, 7) is 3.65. The lowest BCUT2D eigenvalue weighted by Gasteiger charge is -2.11. The molecule has 1 aliphatic heterocycles. The molecule has 0 spiro atoms. The quantitative estimate of drug-likeness (QED) is 0.639. The fraction of sp³-hybridized carbons (Fsp3) is 0.150. The average molecular weight is 398 g/mol. The third-order valence-electron chi connectivity index (χ3n) is 3.96. The number of pyridine rings is 1. The molecule has 0 bridgehead atoms. The third-order valence-corrected chi connectivity index (χ3v) is 4.77. The number of hydrogen-bond acceptors (Lipinski definition) is 6. The van der Waals surface area contributed by atoms with Crippen molar-refractivity contribution in [1.29, 1.82) is 0 Å². The van der Waals surface area contributed by atoms with Gasteiger partial charge >= 0.3 is 0 Å². The van der Waals surface area contributed by atoms with E-state index in [9.17, 15) is 14.0 Å². The fourth-order valence-corrected chi connectivity index (χ4v) is 3.49. The topological polar surface area (TPSA) is 81.4 Å². The number of imide groups is 1. The molecule has 3 aromatic rings. The van der Waals surface area contributed by atoms with Crippen molar-refractivity contribution in [3.63, 3.8) is 0 Å². The Morgan fingerprint density at radius 2 is 2.07 bits per heavy atom. The molecule has 1 aromatic carbocycles. The number of thioether (sulfide) groups is 1. The molecule has 142 valence electrons. The van der Waals surface area contributed by atoms with Crippen LogP contribution in [0.25, 0.3) is 28.2 Å². The van der Waals surface area contributed by atoms with Gasteiger partial charge in [-0.2, -0.15) is 0 Å². The molecular formula is C20H15FN2O4S. The zero-order chi connectivity index (χ0) is 19.8. The highest BCUT2D eigenvalue weighted by atomic mass is 32.2. The van der Waals surface area contributed by atoms with Gasteiger partial charge in [0.05, 0.1) is 11.0 Å². The van der Waals surface area contributed by atoms with E-state index in [4.69, 9.17) is 9.15 Å². The zero-order valence-electron chi connectivity index (χ0n) is 15.0. The largest absolute Gasteiger partial charge is 0.488 e. The SMILES string of the molecule is CC(C)Oc1ccc(-c2cncc3cc(C=C4SC(=O)NC4=O)oc23)cc1F. The van der Waals surface area contributed by atoms with Crippen LogP contribution in [0.4, 0.5) is 9.18 Å². The van der Waals surface area contributed by atoms with Crippen LogP contribution in [-0.2, 0) is 4.79 Å². The summed E-state index contributed by atoms with van der Waals surface area (Å²) in [5.41, 5.74) is 1.70. The van der Waals surface area contributed by atoms with E-state index in [1.165, 1.54) is 12.1 Å². The van der Waals surface area contributed by atoms with Gasteiger partial charge in [-0.05, 0) is 49.4 Å². The van der Waals surface area contributed by atoms with E-state index in [2.05, 4.69) is 10.3 Å². The number of rotatable bonds is 4. The first-order chi connectivity index (χ1) is 13.4. The van der Waals surface area contributed by atoms with Crippen molar-refractivity contribution in [2.24, 2.45) is 0 Å². The summed E-state index contributed by atoms with van der Waals surface area (Å²) in [5.74, 6) is -0.360. The molecule has 28 heavy (non-hydrogen) atoms. The first-order valence-electron chi connectivity index (χ1n) is 8.49. The molecule has 2 amide bonds. The van der Waals surface area contributed by atoms with Crippen molar-refractivity contribution < 1.29 is 23.1 Å². The van der Waals surface area contributed by atoms with Crippen molar-refractivity contribution >= 4 is 40.0 Å². The van der Waals surface area contributed by atoms with Crippen molar-refractivity contribution in [2.45, 2.75) is 20.0 Å². The fourth-order valence-electron chi connectivity index (χ4n) is 2.83. The molecule has 6 nitrogen and oxygen atoms in total. The Morgan fingerprint density at radius 3 is 2.75 bits per heavy atom. The molecule has 0 unspecified atom stereocenters. The maximum absolute atomic E-state index is 14.4. The number of amides is 2. The van der Waals surface area contributed by atoms with Crippen LogP contribution in [0, 0.1) is 5.82 Å². The molecule has 8 heteroatoms. The molecule has 1 N–H and O–H groups in total. The maximum Gasteiger partial charge on any atom is 0.290 e. The Balaban J connectivity index is 1.74. The first-order valence-corrected chi connectivity index (χ1v) is 9.31. The number of fused-ring (bicyclic) bond motifs is 1. The summed E-state index contributed by atoms with van der Waals surface area (Å²) < 4.78 is 25.7. The summed E-state index contributed by atoms with van der Waals surface area (Å²) >= 11 is 0.810. The maximum atomic E-state index is 14.4. The lowest BCUT2D eigenvalue weighted by Crippen LogP contribution is -2.17. The number of ether oxygens (including phenoxy) is 1. The van der Waals surface area contributed by atoms with Crippen LogP contribution < -0.4 is 10.1 Å². The van der Waals surface area contributed by atoms with Gasteiger partial charge in [0.1, 0.15) is 11.3 Å². The van der Waals surface area contributed by atoms with Gasteiger partial charge in [0, 0.05) is 29.4 Å². The standard InChI is InChI=1S/C20H15FN2O4S/c1-10(2)26-16-4-3-11(6-15(16)21)14-9-22-8-12-5-13(27-18(12)14)7-17-19(24)23-20(25)28-17/h3-10H,1-2H3,(H,23,24,25). The van der Waals surface area contributed by atoms with Crippen LogP contribution in [0.2, 0.25) is 0 Å². The Labute approximate surface area is 163 Å². The Bertz CT molecular complexity index is 1140. The minimum atomic E-state index is -0.477. The molecule has 0 radical (unpaired) electrons. The van der Waals surface area contributed by atoms with Crippen molar-refractivity contribution in [3.8, 4) is 16.9 Å². The van der Waals surface area contributed by atoms with Crippen LogP contribution in [-0.4, -0.2) is 22.2 Å². The summed E-state index contributed by atoms with van der Waals surface area (Å²) in [5, 5.41) is 2.47. The van der Waals surface area contributed by atoms with Crippen molar-refractivity contribution in [1.82, 2.24) is 10.3 Å². The lowest BCUT2D eigenvalue weighted by atomic mass is 10.1. The van der Waals surface area contributed by atoms with Crippen LogP contribution in [0.3, 0.4) is 0 Å². The van der Waals surface area contributed by atoms with Crippen LogP contribution in [0.1, 0.15) is 19.6 Å². The third kappa shape index (κ3) is 3.50. The molecule has 1 fully saturated rings. The van der Waals surface area contributed by atoms with Gasteiger partial charge in [-0.3, -0.25) is 19.9 Å². The number of carbonyl (C=O) groups is 2. The molecule has 4 rings (SSSR count). The van der Waals surface area contributed by atoms with E-state index < -0.39 is 17.0 Å². The number of hydrogen-bond donors (Lipinski definition) is 1. The van der Waals surface area contributed by atoms with Gasteiger partial charge in [0.15, 0.2) is 11.6 Å². The summed E-state index contributed by atoms with van der Waals surface area (Å²) in [4.78, 5) is 27.4. The number of nitrogens with zero attached hydrogens (tertiary/aromatic N) is 1. The molecule has 0 saturated carbocycles. The summed E-state index contributed by atoms with van der Waals surface area (Å²) in [7, 11) is 0. The number of nitrogens with one attached hydrogen (secondary N) is 1. The van der Waals surface area contributed by atoms with Gasteiger partial charge in [-0.1, -0.05) is 6.07 Å². The van der Waals surface area contributed by atoms with Gasteiger partial charge < -0.3 is 9.15 Å². The average Bonchev–Trinajstić information content (AvgIpc) is 3.18. The highest BCUT2D eigenvalue weighted by Gasteiger charge is 2.25. The number of aromatic nitrogens is 1. The van der Waals surface area contributed by atoms with Crippen LogP contribution in [0.5, 0.6) is 5.75 Å². The summed E-state index contributed by atoms with van der Waals surface area (Å²) in [6, 6.07) is 6.38.